The van der Waals surface area contributed by atoms with Crippen LogP contribution in [0.25, 0.3) is 10.9 Å². The zero-order chi connectivity index (χ0) is 22.9. The molecule has 0 amide bonds. The number of aliphatic hydroxyl groups is 1. The van der Waals surface area contributed by atoms with Gasteiger partial charge in [0.1, 0.15) is 5.75 Å². The molecule has 1 aliphatic heterocycles. The minimum absolute atomic E-state index is 0. The molecular formula is C25H40Cl3N3O4. The maximum atomic E-state index is 11.5. The Morgan fingerprint density at radius 2 is 1.89 bits per heavy atom. The predicted octanol–water partition coefficient (Wildman–Crippen LogP) is 4.97. The number of carboxylic acid groups (broad SMARTS) is 1. The fourth-order valence-corrected chi connectivity index (χ4v) is 4.64. The van der Waals surface area contributed by atoms with Crippen molar-refractivity contribution in [2.45, 2.75) is 57.6 Å². The highest BCUT2D eigenvalue weighted by molar-refractivity contribution is 5.86. The van der Waals surface area contributed by atoms with Crippen LogP contribution in [0.1, 0.15) is 57.1 Å². The number of benzene rings is 1. The molecule has 1 saturated heterocycles. The lowest BCUT2D eigenvalue weighted by atomic mass is 10.0. The topological polar surface area (TPSA) is 86.1 Å². The van der Waals surface area contributed by atoms with Crippen molar-refractivity contribution < 1.29 is 19.7 Å². The average Bonchev–Trinajstić information content (AvgIpc) is 2.79. The van der Waals surface area contributed by atoms with Gasteiger partial charge in [-0.15, -0.1) is 37.2 Å². The van der Waals surface area contributed by atoms with Crippen LogP contribution < -0.4 is 4.74 Å². The molecule has 1 fully saturated rings. The second-order valence-corrected chi connectivity index (χ2v) is 8.76. The molecule has 1 aromatic carbocycles. The monoisotopic (exact) mass is 551 g/mol. The van der Waals surface area contributed by atoms with Crippen LogP contribution in [0.15, 0.2) is 30.5 Å². The standard InChI is InChI=1S/C25H37N3O4.3ClH/c1-3-4-5-6-7-12-28-14-13-27(17-19(28)15-25(30)31)18-24(29)21-10-11-26-23-9-8-20(32-2)16-22(21)23;;;/h8-11,16,19,24,29H,3-7,12-15,17-18H2,1-2H3,(H,30,31);3*1H/t19-,24?;;;/m1.../s1. The Labute approximate surface area is 227 Å². The van der Waals surface area contributed by atoms with E-state index in [9.17, 15) is 15.0 Å². The number of carbonyl (C=O) groups is 1. The van der Waals surface area contributed by atoms with Crippen LogP contribution in [0.2, 0.25) is 0 Å². The first-order chi connectivity index (χ1) is 15.5. The molecule has 0 radical (unpaired) electrons. The molecule has 1 unspecified atom stereocenters. The molecule has 0 aliphatic carbocycles. The summed E-state index contributed by atoms with van der Waals surface area (Å²) in [7, 11) is 1.62. The third kappa shape index (κ3) is 9.90. The van der Waals surface area contributed by atoms with Crippen LogP contribution in [0.4, 0.5) is 0 Å². The molecule has 0 spiro atoms. The molecule has 200 valence electrons. The molecule has 2 heterocycles. The predicted molar refractivity (Wildman–Crippen MR) is 148 cm³/mol. The van der Waals surface area contributed by atoms with Gasteiger partial charge in [-0.2, -0.15) is 0 Å². The van der Waals surface area contributed by atoms with Gasteiger partial charge in [-0.3, -0.25) is 19.6 Å². The summed E-state index contributed by atoms with van der Waals surface area (Å²) in [4.78, 5) is 20.4. The smallest absolute Gasteiger partial charge is 0.304 e. The summed E-state index contributed by atoms with van der Waals surface area (Å²) in [5.74, 6) is -0.0337. The Hall–Kier alpha value is -1.35. The van der Waals surface area contributed by atoms with Crippen LogP contribution in [-0.4, -0.2) is 76.8 Å². The fourth-order valence-electron chi connectivity index (χ4n) is 4.64. The van der Waals surface area contributed by atoms with Crippen molar-refractivity contribution in [3.05, 3.63) is 36.0 Å². The third-order valence-electron chi connectivity index (χ3n) is 6.42. The number of aliphatic hydroxyl groups excluding tert-OH is 1. The van der Waals surface area contributed by atoms with E-state index in [4.69, 9.17) is 4.74 Å². The number of piperazine rings is 1. The van der Waals surface area contributed by atoms with E-state index in [0.717, 1.165) is 48.3 Å². The maximum Gasteiger partial charge on any atom is 0.304 e. The first kappa shape index (κ1) is 33.7. The van der Waals surface area contributed by atoms with Crippen LogP contribution in [0, 0.1) is 0 Å². The number of nitrogens with zero attached hydrogens (tertiary/aromatic N) is 3. The molecule has 7 nitrogen and oxygen atoms in total. The molecule has 10 heteroatoms. The van der Waals surface area contributed by atoms with Crippen molar-refractivity contribution in [3.8, 4) is 5.75 Å². The number of ether oxygens (including phenoxy) is 1. The second kappa shape index (κ2) is 17.2. The molecule has 1 aromatic heterocycles. The fraction of sp³-hybridized carbons (Fsp3) is 0.600. The van der Waals surface area contributed by atoms with Gasteiger partial charge in [-0.1, -0.05) is 32.6 Å². The molecule has 1 aliphatic rings. The summed E-state index contributed by atoms with van der Waals surface area (Å²) in [6, 6.07) is 7.50. The number of halogens is 3. The van der Waals surface area contributed by atoms with Gasteiger partial charge in [0, 0.05) is 43.8 Å². The largest absolute Gasteiger partial charge is 0.497 e. The first-order valence-corrected chi connectivity index (χ1v) is 11.8. The van der Waals surface area contributed by atoms with E-state index in [1.165, 1.54) is 25.7 Å². The SMILES string of the molecule is CCCCCCCN1CCN(CC(O)c2ccnc3ccc(OC)cc23)C[C@H]1CC(=O)O.Cl.Cl.Cl. The van der Waals surface area contributed by atoms with Crippen LogP contribution >= 0.6 is 37.2 Å². The summed E-state index contributed by atoms with van der Waals surface area (Å²) >= 11 is 0. The molecule has 2 N–H and O–H groups in total. The molecule has 3 rings (SSSR count). The van der Waals surface area contributed by atoms with E-state index in [0.29, 0.717) is 13.1 Å². The van der Waals surface area contributed by atoms with Gasteiger partial charge >= 0.3 is 5.97 Å². The number of hydrogen-bond donors (Lipinski definition) is 2. The van der Waals surface area contributed by atoms with E-state index >= 15 is 0 Å². The number of aromatic nitrogens is 1. The molecule has 0 saturated carbocycles. The lowest BCUT2D eigenvalue weighted by molar-refractivity contribution is -0.139. The average molecular weight is 553 g/mol. The lowest BCUT2D eigenvalue weighted by Crippen LogP contribution is -2.54. The Morgan fingerprint density at radius 3 is 2.57 bits per heavy atom. The lowest BCUT2D eigenvalue weighted by Gasteiger charge is -2.41. The highest BCUT2D eigenvalue weighted by Crippen LogP contribution is 2.28. The molecule has 2 atom stereocenters. The summed E-state index contributed by atoms with van der Waals surface area (Å²) in [6.07, 6.45) is 7.22. The minimum atomic E-state index is -0.763. The van der Waals surface area contributed by atoms with Crippen molar-refractivity contribution in [2.24, 2.45) is 0 Å². The van der Waals surface area contributed by atoms with Gasteiger partial charge in [0.15, 0.2) is 0 Å². The zero-order valence-corrected chi connectivity index (χ0v) is 23.0. The molecule has 0 bridgehead atoms. The van der Waals surface area contributed by atoms with Gasteiger partial charge in [0.25, 0.3) is 0 Å². The number of methoxy groups -OCH3 is 1. The summed E-state index contributed by atoms with van der Waals surface area (Å²) < 4.78 is 5.34. The van der Waals surface area contributed by atoms with Crippen molar-refractivity contribution in [2.75, 3.05) is 39.8 Å². The first-order valence-electron chi connectivity index (χ1n) is 11.8. The number of unbranched alkanes of at least 4 members (excludes halogenated alkanes) is 4. The number of aliphatic carboxylic acids is 1. The van der Waals surface area contributed by atoms with Crippen LogP contribution in [-0.2, 0) is 4.79 Å². The zero-order valence-electron chi connectivity index (χ0n) is 20.6. The van der Waals surface area contributed by atoms with Crippen LogP contribution in [0.5, 0.6) is 5.75 Å². The van der Waals surface area contributed by atoms with E-state index in [2.05, 4.69) is 21.7 Å². The molecule has 35 heavy (non-hydrogen) atoms. The van der Waals surface area contributed by atoms with Crippen molar-refractivity contribution in [1.29, 1.82) is 0 Å². The van der Waals surface area contributed by atoms with Gasteiger partial charge in [-0.25, -0.2) is 0 Å². The van der Waals surface area contributed by atoms with Crippen molar-refractivity contribution in [3.63, 3.8) is 0 Å². The van der Waals surface area contributed by atoms with Crippen LogP contribution in [0.3, 0.4) is 0 Å². The van der Waals surface area contributed by atoms with Crippen molar-refractivity contribution >= 4 is 54.1 Å². The van der Waals surface area contributed by atoms with E-state index < -0.39 is 12.1 Å². The highest BCUT2D eigenvalue weighted by atomic mass is 35.5. The number of carboxylic acids is 1. The van der Waals surface area contributed by atoms with Gasteiger partial charge in [0.2, 0.25) is 0 Å². The van der Waals surface area contributed by atoms with E-state index in [-0.39, 0.29) is 49.7 Å². The Balaban J connectivity index is 0.00000385. The quantitative estimate of drug-likeness (QED) is 0.359. The minimum Gasteiger partial charge on any atom is -0.497 e. The Morgan fingerprint density at radius 1 is 1.14 bits per heavy atom. The normalized spacial score (nSPS) is 17.1. The summed E-state index contributed by atoms with van der Waals surface area (Å²) in [5, 5.41) is 21.4. The van der Waals surface area contributed by atoms with Gasteiger partial charge in [-0.05, 0) is 42.8 Å². The third-order valence-corrected chi connectivity index (χ3v) is 6.42. The van der Waals surface area contributed by atoms with Gasteiger partial charge in [0.05, 0.1) is 25.2 Å². The Bertz CT molecular complexity index is 890. The summed E-state index contributed by atoms with van der Waals surface area (Å²) in [5.41, 5.74) is 1.64. The van der Waals surface area contributed by atoms with Gasteiger partial charge < -0.3 is 14.9 Å². The number of fused-ring (bicyclic) bond motifs is 1. The van der Waals surface area contributed by atoms with E-state index in [1.54, 1.807) is 13.3 Å². The Kier molecular flexibility index (Phi) is 16.5. The van der Waals surface area contributed by atoms with Crippen molar-refractivity contribution in [1.82, 2.24) is 14.8 Å². The molecule has 2 aromatic rings. The number of pyridine rings is 1. The van der Waals surface area contributed by atoms with E-state index in [1.807, 2.05) is 24.3 Å². The summed E-state index contributed by atoms with van der Waals surface area (Å²) in [6.45, 7) is 5.95. The molecular weight excluding hydrogens is 513 g/mol. The maximum absolute atomic E-state index is 11.5. The number of hydrogen-bond acceptors (Lipinski definition) is 6. The second-order valence-electron chi connectivity index (χ2n) is 8.76. The number of rotatable bonds is 12. The highest BCUT2D eigenvalue weighted by Gasteiger charge is 2.29. The number of β-amino-alcohol motifs (C(OH)–C–C–N with tert-alkyl or cyclic N) is 1.